The van der Waals surface area contributed by atoms with Crippen LogP contribution >= 0.6 is 15.9 Å². The zero-order valence-corrected chi connectivity index (χ0v) is 9.34. The second-order valence-electron chi connectivity index (χ2n) is 3.75. The first-order valence-electron chi connectivity index (χ1n) is 4.76. The molecule has 2 unspecified atom stereocenters. The molecular weight excluding hydrogens is 226 g/mol. The van der Waals surface area contributed by atoms with Crippen molar-refractivity contribution in [2.24, 2.45) is 5.92 Å². The molecule has 1 aromatic rings. The highest BCUT2D eigenvalue weighted by molar-refractivity contribution is 9.10. The van der Waals surface area contributed by atoms with E-state index in [-0.39, 0.29) is 0 Å². The minimum Gasteiger partial charge on any atom is -0.310 e. The second kappa shape index (κ2) is 3.81. The summed E-state index contributed by atoms with van der Waals surface area (Å²) in [7, 11) is 0. The van der Waals surface area contributed by atoms with Crippen LogP contribution in [-0.2, 0) is 0 Å². The summed E-state index contributed by atoms with van der Waals surface area (Å²) in [4.78, 5) is 0. The molecule has 1 aromatic carbocycles. The molecule has 1 aliphatic heterocycles. The minimum absolute atomic E-state index is 0.553. The highest BCUT2D eigenvalue weighted by Crippen LogP contribution is 2.30. The number of nitrogens with one attached hydrogen (secondary N) is 1. The normalized spacial score (nSPS) is 27.8. The first kappa shape index (κ1) is 9.22. The van der Waals surface area contributed by atoms with Crippen molar-refractivity contribution in [3.05, 3.63) is 34.3 Å². The van der Waals surface area contributed by atoms with Crippen LogP contribution in [0.4, 0.5) is 0 Å². The average molecular weight is 240 g/mol. The maximum absolute atomic E-state index is 3.53. The molecule has 0 radical (unpaired) electrons. The third-order valence-corrected chi connectivity index (χ3v) is 3.23. The Balaban J connectivity index is 2.24. The van der Waals surface area contributed by atoms with E-state index in [1.165, 1.54) is 16.5 Å². The summed E-state index contributed by atoms with van der Waals surface area (Å²) in [5.74, 6) is 0.759. The van der Waals surface area contributed by atoms with Crippen LogP contribution in [0.5, 0.6) is 0 Å². The summed E-state index contributed by atoms with van der Waals surface area (Å²) >= 11 is 3.50. The van der Waals surface area contributed by atoms with Gasteiger partial charge in [-0.1, -0.05) is 35.0 Å². The van der Waals surface area contributed by atoms with Gasteiger partial charge in [-0.15, -0.1) is 0 Å². The molecule has 2 atom stereocenters. The lowest BCUT2D eigenvalue weighted by Crippen LogP contribution is -2.16. The molecule has 1 nitrogen and oxygen atoms in total. The SMILES string of the molecule is CC1CCNC1c1cccc(Br)c1. The summed E-state index contributed by atoms with van der Waals surface area (Å²) in [6, 6.07) is 9.14. The van der Waals surface area contributed by atoms with E-state index in [9.17, 15) is 0 Å². The average Bonchev–Trinajstić information content (AvgIpc) is 2.51. The Morgan fingerprint density at radius 3 is 2.92 bits per heavy atom. The molecule has 1 aliphatic rings. The Morgan fingerprint density at radius 1 is 1.46 bits per heavy atom. The summed E-state index contributed by atoms with van der Waals surface area (Å²) in [5, 5.41) is 3.53. The van der Waals surface area contributed by atoms with E-state index < -0.39 is 0 Å². The first-order chi connectivity index (χ1) is 6.27. The molecule has 1 N–H and O–H groups in total. The molecule has 1 heterocycles. The van der Waals surface area contributed by atoms with Gasteiger partial charge in [0.25, 0.3) is 0 Å². The van der Waals surface area contributed by atoms with Crippen molar-refractivity contribution in [2.45, 2.75) is 19.4 Å². The smallest absolute Gasteiger partial charge is 0.0346 e. The van der Waals surface area contributed by atoms with Crippen molar-refractivity contribution >= 4 is 15.9 Å². The van der Waals surface area contributed by atoms with E-state index in [4.69, 9.17) is 0 Å². The van der Waals surface area contributed by atoms with Gasteiger partial charge in [0.1, 0.15) is 0 Å². The van der Waals surface area contributed by atoms with Crippen LogP contribution < -0.4 is 5.32 Å². The molecule has 0 amide bonds. The fraction of sp³-hybridized carbons (Fsp3) is 0.455. The first-order valence-corrected chi connectivity index (χ1v) is 5.55. The predicted octanol–water partition coefficient (Wildman–Crippen LogP) is 3.12. The number of rotatable bonds is 1. The van der Waals surface area contributed by atoms with Gasteiger partial charge in [0.2, 0.25) is 0 Å². The maximum atomic E-state index is 3.53. The lowest BCUT2D eigenvalue weighted by Gasteiger charge is -2.16. The van der Waals surface area contributed by atoms with Crippen molar-refractivity contribution in [3.63, 3.8) is 0 Å². The van der Waals surface area contributed by atoms with Crippen molar-refractivity contribution in [3.8, 4) is 0 Å². The molecule has 0 aliphatic carbocycles. The van der Waals surface area contributed by atoms with E-state index >= 15 is 0 Å². The third kappa shape index (κ3) is 1.94. The van der Waals surface area contributed by atoms with Crippen LogP contribution in [0, 0.1) is 5.92 Å². The molecule has 2 heteroatoms. The zero-order valence-electron chi connectivity index (χ0n) is 7.76. The fourth-order valence-corrected chi connectivity index (χ4v) is 2.40. The molecule has 0 saturated carbocycles. The van der Waals surface area contributed by atoms with Gasteiger partial charge in [-0.05, 0) is 36.6 Å². The van der Waals surface area contributed by atoms with Gasteiger partial charge >= 0.3 is 0 Å². The Kier molecular flexibility index (Phi) is 2.70. The summed E-state index contributed by atoms with van der Waals surface area (Å²) in [6.45, 7) is 3.46. The minimum atomic E-state index is 0.553. The predicted molar refractivity (Wildman–Crippen MR) is 58.7 cm³/mol. The standard InChI is InChI=1S/C11H14BrN/c1-8-5-6-13-11(8)9-3-2-4-10(12)7-9/h2-4,7-8,11,13H,5-6H2,1H3. The highest BCUT2D eigenvalue weighted by Gasteiger charge is 2.23. The fourth-order valence-electron chi connectivity index (χ4n) is 1.98. The van der Waals surface area contributed by atoms with E-state index in [0.29, 0.717) is 6.04 Å². The Bertz CT molecular complexity index is 298. The van der Waals surface area contributed by atoms with E-state index in [2.05, 4.69) is 52.4 Å². The third-order valence-electron chi connectivity index (χ3n) is 2.74. The van der Waals surface area contributed by atoms with Crippen molar-refractivity contribution in [2.75, 3.05) is 6.54 Å². The van der Waals surface area contributed by atoms with E-state index in [1.807, 2.05) is 0 Å². The second-order valence-corrected chi connectivity index (χ2v) is 4.67. The van der Waals surface area contributed by atoms with Gasteiger partial charge in [-0.25, -0.2) is 0 Å². The molecule has 13 heavy (non-hydrogen) atoms. The van der Waals surface area contributed by atoms with Crippen LogP contribution in [0.3, 0.4) is 0 Å². The summed E-state index contributed by atoms with van der Waals surface area (Å²) < 4.78 is 1.17. The van der Waals surface area contributed by atoms with Gasteiger partial charge in [0.15, 0.2) is 0 Å². The van der Waals surface area contributed by atoms with Gasteiger partial charge in [0, 0.05) is 10.5 Å². The zero-order chi connectivity index (χ0) is 9.26. The molecule has 0 aromatic heterocycles. The van der Waals surface area contributed by atoms with Gasteiger partial charge in [-0.3, -0.25) is 0 Å². The maximum Gasteiger partial charge on any atom is 0.0346 e. The number of hydrogen-bond donors (Lipinski definition) is 1. The van der Waals surface area contributed by atoms with Crippen molar-refractivity contribution in [1.82, 2.24) is 5.32 Å². The molecule has 0 spiro atoms. The topological polar surface area (TPSA) is 12.0 Å². The lowest BCUT2D eigenvalue weighted by molar-refractivity contribution is 0.503. The molecule has 2 rings (SSSR count). The van der Waals surface area contributed by atoms with Crippen LogP contribution in [0.15, 0.2) is 28.7 Å². The largest absolute Gasteiger partial charge is 0.310 e. The Hall–Kier alpha value is -0.340. The molecule has 70 valence electrons. The van der Waals surface area contributed by atoms with Crippen molar-refractivity contribution < 1.29 is 0 Å². The molecule has 1 saturated heterocycles. The molecular formula is C11H14BrN. The van der Waals surface area contributed by atoms with Gasteiger partial charge < -0.3 is 5.32 Å². The van der Waals surface area contributed by atoms with Gasteiger partial charge in [0.05, 0.1) is 0 Å². The number of benzene rings is 1. The van der Waals surface area contributed by atoms with Crippen LogP contribution in [0.25, 0.3) is 0 Å². The van der Waals surface area contributed by atoms with Crippen molar-refractivity contribution in [1.29, 1.82) is 0 Å². The Labute approximate surface area is 87.7 Å². The van der Waals surface area contributed by atoms with Crippen LogP contribution in [0.2, 0.25) is 0 Å². The number of hydrogen-bond acceptors (Lipinski definition) is 1. The summed E-state index contributed by atoms with van der Waals surface area (Å²) in [6.07, 6.45) is 1.29. The van der Waals surface area contributed by atoms with Crippen LogP contribution in [-0.4, -0.2) is 6.54 Å². The number of halogens is 1. The monoisotopic (exact) mass is 239 g/mol. The highest BCUT2D eigenvalue weighted by atomic mass is 79.9. The van der Waals surface area contributed by atoms with Gasteiger partial charge in [-0.2, -0.15) is 0 Å². The van der Waals surface area contributed by atoms with E-state index in [1.54, 1.807) is 0 Å². The lowest BCUT2D eigenvalue weighted by atomic mass is 9.96. The quantitative estimate of drug-likeness (QED) is 0.795. The summed E-state index contributed by atoms with van der Waals surface area (Å²) in [5.41, 5.74) is 1.40. The molecule has 0 bridgehead atoms. The Morgan fingerprint density at radius 2 is 2.31 bits per heavy atom. The van der Waals surface area contributed by atoms with E-state index in [0.717, 1.165) is 12.5 Å². The van der Waals surface area contributed by atoms with Crippen LogP contribution in [0.1, 0.15) is 24.9 Å². The molecule has 1 fully saturated rings.